The lowest BCUT2D eigenvalue weighted by atomic mass is 9.86. The first-order chi connectivity index (χ1) is 21.3. The molecule has 1 aliphatic carbocycles. The molecule has 1 heterocycles. The van der Waals surface area contributed by atoms with Crippen molar-refractivity contribution in [1.82, 2.24) is 9.55 Å². The molecule has 0 amide bonds. The number of hydrogen-bond donors (Lipinski definition) is 0. The van der Waals surface area contributed by atoms with Crippen molar-refractivity contribution in [3.05, 3.63) is 144 Å². The Morgan fingerprint density at radius 2 is 1.05 bits per heavy atom. The van der Waals surface area contributed by atoms with Gasteiger partial charge in [-0.25, -0.2) is 4.98 Å². The van der Waals surface area contributed by atoms with Crippen LogP contribution in [0.1, 0.15) is 25.6 Å². The number of imidazole rings is 1. The van der Waals surface area contributed by atoms with Crippen molar-refractivity contribution in [2.75, 3.05) is 0 Å². The SMILES string of the molecule is CCc1nc2ccccc2n1-c1ccc(-c2c3c(c(-c4ccc(-c5ccccc5)cc4)c4ccccc24)=CCCC=3)cc1. The van der Waals surface area contributed by atoms with Crippen molar-refractivity contribution in [2.45, 2.75) is 26.2 Å². The van der Waals surface area contributed by atoms with Crippen molar-refractivity contribution in [1.29, 1.82) is 0 Å². The third-order valence-electron chi connectivity index (χ3n) is 8.80. The molecule has 1 aliphatic rings. The van der Waals surface area contributed by atoms with E-state index in [1.165, 1.54) is 54.6 Å². The predicted molar refractivity (Wildman–Crippen MR) is 182 cm³/mol. The van der Waals surface area contributed by atoms with E-state index in [-0.39, 0.29) is 0 Å². The van der Waals surface area contributed by atoms with Gasteiger partial charge in [-0.05, 0) is 91.7 Å². The predicted octanol–water partition coefficient (Wildman–Crippen LogP) is 9.10. The van der Waals surface area contributed by atoms with Gasteiger partial charge in [-0.3, -0.25) is 4.57 Å². The number of para-hydroxylation sites is 2. The Balaban J connectivity index is 1.30. The number of hydrogen-bond acceptors (Lipinski definition) is 1. The summed E-state index contributed by atoms with van der Waals surface area (Å²) in [5.41, 5.74) is 11.0. The maximum atomic E-state index is 4.90. The fraction of sp³-hybridized carbons (Fsp3) is 0.0976. The molecule has 0 radical (unpaired) electrons. The summed E-state index contributed by atoms with van der Waals surface area (Å²) in [5, 5.41) is 5.30. The molecule has 6 aromatic carbocycles. The van der Waals surface area contributed by atoms with Crippen molar-refractivity contribution in [3.63, 3.8) is 0 Å². The van der Waals surface area contributed by atoms with Crippen LogP contribution in [0.2, 0.25) is 0 Å². The van der Waals surface area contributed by atoms with Crippen LogP contribution in [0, 0.1) is 0 Å². The number of fused-ring (bicyclic) bond motifs is 3. The first kappa shape index (κ1) is 25.5. The van der Waals surface area contributed by atoms with Crippen LogP contribution in [0.25, 0.3) is 73.0 Å². The van der Waals surface area contributed by atoms with Gasteiger partial charge >= 0.3 is 0 Å². The quantitative estimate of drug-likeness (QED) is 0.208. The van der Waals surface area contributed by atoms with Crippen molar-refractivity contribution in [3.8, 4) is 39.1 Å². The molecule has 2 heteroatoms. The second kappa shape index (κ2) is 10.6. The van der Waals surface area contributed by atoms with Crippen molar-refractivity contribution < 1.29 is 0 Å². The lowest BCUT2D eigenvalue weighted by Crippen LogP contribution is -2.31. The average molecular weight is 553 g/mol. The molecular weight excluding hydrogens is 520 g/mol. The molecule has 0 aliphatic heterocycles. The fourth-order valence-electron chi connectivity index (χ4n) is 6.82. The van der Waals surface area contributed by atoms with E-state index in [4.69, 9.17) is 4.98 Å². The molecule has 0 atom stereocenters. The molecule has 0 bridgehead atoms. The second-order valence-corrected chi connectivity index (χ2v) is 11.3. The Labute approximate surface area is 251 Å². The minimum Gasteiger partial charge on any atom is -0.296 e. The first-order valence-corrected chi connectivity index (χ1v) is 15.3. The van der Waals surface area contributed by atoms with Gasteiger partial charge in [-0.1, -0.05) is 122 Å². The monoisotopic (exact) mass is 552 g/mol. The van der Waals surface area contributed by atoms with Gasteiger partial charge in [0, 0.05) is 12.1 Å². The molecule has 0 saturated carbocycles. The van der Waals surface area contributed by atoms with Gasteiger partial charge in [0.25, 0.3) is 0 Å². The normalized spacial score (nSPS) is 12.6. The highest BCUT2D eigenvalue weighted by molar-refractivity contribution is 6.06. The van der Waals surface area contributed by atoms with Crippen LogP contribution in [-0.2, 0) is 6.42 Å². The molecule has 0 saturated heterocycles. The maximum absolute atomic E-state index is 4.90. The summed E-state index contributed by atoms with van der Waals surface area (Å²) in [4.78, 5) is 4.90. The zero-order valence-corrected chi connectivity index (χ0v) is 24.3. The molecule has 1 aromatic heterocycles. The summed E-state index contributed by atoms with van der Waals surface area (Å²) >= 11 is 0. The maximum Gasteiger partial charge on any atom is 0.114 e. The number of aromatic nitrogens is 2. The van der Waals surface area contributed by atoms with Gasteiger partial charge in [-0.2, -0.15) is 0 Å². The van der Waals surface area contributed by atoms with E-state index in [0.29, 0.717) is 0 Å². The molecule has 7 aromatic rings. The van der Waals surface area contributed by atoms with Crippen LogP contribution in [0.5, 0.6) is 0 Å². The average Bonchev–Trinajstić information content (AvgIpc) is 3.47. The number of aryl methyl sites for hydroxylation is 1. The zero-order chi connectivity index (χ0) is 28.8. The summed E-state index contributed by atoms with van der Waals surface area (Å²) in [7, 11) is 0. The molecule has 8 rings (SSSR count). The number of rotatable bonds is 5. The molecule has 0 spiro atoms. The fourth-order valence-corrected chi connectivity index (χ4v) is 6.82. The van der Waals surface area contributed by atoms with Crippen LogP contribution in [0.15, 0.2) is 127 Å². The molecule has 0 unspecified atom stereocenters. The third-order valence-corrected chi connectivity index (χ3v) is 8.80. The highest BCUT2D eigenvalue weighted by Gasteiger charge is 2.17. The van der Waals surface area contributed by atoms with E-state index in [1.54, 1.807) is 0 Å². The standard InChI is InChI=1S/C41H32N2/c1-2-39-42-37-18-10-11-19-38(37)43(39)32-26-24-31(25-27-32)41-35-16-8-6-14-33(35)40(34-15-7-9-17-36(34)41)30-22-20-29(21-23-30)28-12-4-3-5-13-28/h3-6,8,10-27H,2,7,9H2,1H3. The molecule has 2 nitrogen and oxygen atoms in total. The molecule has 43 heavy (non-hydrogen) atoms. The Bertz CT molecular complexity index is 2240. The van der Waals surface area contributed by atoms with E-state index in [0.717, 1.165) is 41.8 Å². The Morgan fingerprint density at radius 1 is 0.535 bits per heavy atom. The molecular formula is C41H32N2. The minimum absolute atomic E-state index is 0.882. The van der Waals surface area contributed by atoms with Gasteiger partial charge < -0.3 is 0 Å². The van der Waals surface area contributed by atoms with Gasteiger partial charge in [0.2, 0.25) is 0 Å². The van der Waals surface area contributed by atoms with Crippen molar-refractivity contribution >= 4 is 34.0 Å². The van der Waals surface area contributed by atoms with Crippen LogP contribution in [-0.4, -0.2) is 9.55 Å². The van der Waals surface area contributed by atoms with E-state index >= 15 is 0 Å². The molecule has 0 fully saturated rings. The Morgan fingerprint density at radius 3 is 1.67 bits per heavy atom. The van der Waals surface area contributed by atoms with Gasteiger partial charge in [0.05, 0.1) is 11.0 Å². The van der Waals surface area contributed by atoms with Crippen LogP contribution < -0.4 is 10.4 Å². The summed E-state index contributed by atoms with van der Waals surface area (Å²) in [6, 6.07) is 46.2. The minimum atomic E-state index is 0.882. The summed E-state index contributed by atoms with van der Waals surface area (Å²) < 4.78 is 2.30. The summed E-state index contributed by atoms with van der Waals surface area (Å²) in [6.45, 7) is 2.17. The van der Waals surface area contributed by atoms with Crippen LogP contribution in [0.3, 0.4) is 0 Å². The van der Waals surface area contributed by atoms with E-state index in [2.05, 4.69) is 151 Å². The highest BCUT2D eigenvalue weighted by atomic mass is 15.1. The van der Waals surface area contributed by atoms with Gasteiger partial charge in [-0.15, -0.1) is 0 Å². The summed E-state index contributed by atoms with van der Waals surface area (Å²) in [6.07, 6.45) is 7.90. The smallest absolute Gasteiger partial charge is 0.114 e. The van der Waals surface area contributed by atoms with Crippen LogP contribution >= 0.6 is 0 Å². The zero-order valence-electron chi connectivity index (χ0n) is 24.3. The molecule has 0 N–H and O–H groups in total. The van der Waals surface area contributed by atoms with Crippen molar-refractivity contribution in [2.24, 2.45) is 0 Å². The van der Waals surface area contributed by atoms with Gasteiger partial charge in [0.1, 0.15) is 5.82 Å². The van der Waals surface area contributed by atoms with Gasteiger partial charge in [0.15, 0.2) is 0 Å². The third kappa shape index (κ3) is 4.30. The van der Waals surface area contributed by atoms with E-state index in [9.17, 15) is 0 Å². The second-order valence-electron chi connectivity index (χ2n) is 11.3. The first-order valence-electron chi connectivity index (χ1n) is 15.3. The highest BCUT2D eigenvalue weighted by Crippen LogP contribution is 2.34. The van der Waals surface area contributed by atoms with E-state index in [1.807, 2.05) is 0 Å². The van der Waals surface area contributed by atoms with E-state index < -0.39 is 0 Å². The van der Waals surface area contributed by atoms with Crippen LogP contribution in [0.4, 0.5) is 0 Å². The topological polar surface area (TPSA) is 17.8 Å². The lowest BCUT2D eigenvalue weighted by molar-refractivity contribution is 0.908. The lowest BCUT2D eigenvalue weighted by Gasteiger charge is -2.18. The number of nitrogens with zero attached hydrogens (tertiary/aromatic N) is 2. The number of benzene rings is 6. The largest absolute Gasteiger partial charge is 0.296 e. The summed E-state index contributed by atoms with van der Waals surface area (Å²) in [5.74, 6) is 1.09. The Kier molecular flexibility index (Phi) is 6.26. The Hall–Kier alpha value is -5.21. The molecule has 206 valence electrons.